The second-order valence-electron chi connectivity index (χ2n) is 12.0. The molecule has 0 aromatic rings. The fourth-order valence-corrected chi connectivity index (χ4v) is 13.3. The molecule has 3 nitrogen and oxygen atoms in total. The molecule has 0 aromatic heterocycles. The van der Waals surface area contributed by atoms with E-state index in [9.17, 15) is 10.2 Å². The van der Waals surface area contributed by atoms with Gasteiger partial charge in [-0.25, -0.2) is 0 Å². The van der Waals surface area contributed by atoms with Gasteiger partial charge in [-0.1, -0.05) is 68.4 Å². The van der Waals surface area contributed by atoms with E-state index >= 15 is 0 Å². The SMILES string of the molecule is CC(C)[Si](O[C@H]1C[C@]2(C)[C@H]3CC(C)(C)C[C@H]3C=C(CO)[C@]12O)(C(C)C)C(C)C. The van der Waals surface area contributed by atoms with Crippen LogP contribution < -0.4 is 0 Å². The highest BCUT2D eigenvalue weighted by atomic mass is 28.4. The quantitative estimate of drug-likeness (QED) is 0.439. The molecule has 0 unspecified atom stereocenters. The minimum atomic E-state index is -2.09. The zero-order chi connectivity index (χ0) is 21.3. The van der Waals surface area contributed by atoms with Gasteiger partial charge < -0.3 is 14.6 Å². The number of fused-ring (bicyclic) bond motifs is 3. The summed E-state index contributed by atoms with van der Waals surface area (Å²) in [6.45, 7) is 20.7. The largest absolute Gasteiger partial charge is 0.410 e. The average molecular weight is 409 g/mol. The van der Waals surface area contributed by atoms with Gasteiger partial charge in [0.25, 0.3) is 0 Å². The maximum Gasteiger partial charge on any atom is 0.200 e. The molecular formula is C24H44O3Si. The van der Waals surface area contributed by atoms with Crippen molar-refractivity contribution in [1.82, 2.24) is 0 Å². The lowest BCUT2D eigenvalue weighted by Crippen LogP contribution is -2.74. The average Bonchev–Trinajstić information content (AvgIpc) is 2.88. The zero-order valence-corrected chi connectivity index (χ0v) is 20.7. The van der Waals surface area contributed by atoms with Crippen molar-refractivity contribution in [2.45, 2.75) is 110 Å². The van der Waals surface area contributed by atoms with Gasteiger partial charge in [0, 0.05) is 5.41 Å². The fourth-order valence-electron chi connectivity index (χ4n) is 7.76. The van der Waals surface area contributed by atoms with Crippen molar-refractivity contribution >= 4 is 8.32 Å². The Bertz CT molecular complexity index is 616. The van der Waals surface area contributed by atoms with Gasteiger partial charge in [0.15, 0.2) is 0 Å². The summed E-state index contributed by atoms with van der Waals surface area (Å²) in [5, 5.41) is 22.3. The Morgan fingerprint density at radius 3 is 2.00 bits per heavy atom. The van der Waals surface area contributed by atoms with Gasteiger partial charge >= 0.3 is 0 Å². The Labute approximate surface area is 174 Å². The lowest BCUT2D eigenvalue weighted by atomic mass is 9.44. The molecule has 3 aliphatic carbocycles. The molecule has 28 heavy (non-hydrogen) atoms. The molecule has 5 atom stereocenters. The van der Waals surface area contributed by atoms with Crippen LogP contribution >= 0.6 is 0 Å². The second kappa shape index (κ2) is 6.93. The number of allylic oxidation sites excluding steroid dienone is 1. The van der Waals surface area contributed by atoms with E-state index in [0.29, 0.717) is 33.9 Å². The maximum absolute atomic E-state index is 12.1. The van der Waals surface area contributed by atoms with E-state index in [2.05, 4.69) is 68.4 Å². The van der Waals surface area contributed by atoms with Crippen LogP contribution in [0.2, 0.25) is 16.6 Å². The third-order valence-corrected chi connectivity index (χ3v) is 15.1. The summed E-state index contributed by atoms with van der Waals surface area (Å²) in [4.78, 5) is 0. The smallest absolute Gasteiger partial charge is 0.200 e. The first kappa shape index (κ1) is 22.5. The van der Waals surface area contributed by atoms with Crippen molar-refractivity contribution in [1.29, 1.82) is 0 Å². The Hall–Kier alpha value is -0.163. The molecular weight excluding hydrogens is 364 g/mol. The highest BCUT2D eigenvalue weighted by molar-refractivity contribution is 6.77. The van der Waals surface area contributed by atoms with Crippen molar-refractivity contribution in [3.05, 3.63) is 11.6 Å². The van der Waals surface area contributed by atoms with Crippen LogP contribution in [-0.4, -0.2) is 36.8 Å². The normalized spacial score (nSPS) is 39.8. The Kier molecular flexibility index (Phi) is 5.58. The third kappa shape index (κ3) is 2.85. The van der Waals surface area contributed by atoms with Crippen LogP contribution in [0.5, 0.6) is 0 Å². The summed E-state index contributed by atoms with van der Waals surface area (Å²) < 4.78 is 7.07. The van der Waals surface area contributed by atoms with E-state index in [1.165, 1.54) is 0 Å². The van der Waals surface area contributed by atoms with Gasteiger partial charge in [0.1, 0.15) is 5.60 Å². The Balaban J connectivity index is 1.99. The van der Waals surface area contributed by atoms with Gasteiger partial charge in [-0.05, 0) is 58.7 Å². The lowest BCUT2D eigenvalue weighted by molar-refractivity contribution is -0.245. The number of rotatable bonds is 6. The molecule has 0 aromatic carbocycles. The molecule has 2 fully saturated rings. The van der Waals surface area contributed by atoms with Crippen LogP contribution in [0.3, 0.4) is 0 Å². The van der Waals surface area contributed by atoms with Gasteiger partial charge in [-0.15, -0.1) is 0 Å². The molecule has 0 aliphatic heterocycles. The highest BCUT2D eigenvalue weighted by Gasteiger charge is 2.72. The summed E-state index contributed by atoms with van der Waals surface area (Å²) >= 11 is 0. The molecule has 0 bridgehead atoms. The van der Waals surface area contributed by atoms with Crippen molar-refractivity contribution in [2.24, 2.45) is 22.7 Å². The first-order chi connectivity index (χ1) is 12.8. The standard InChI is InChI=1S/C24H44O3Si/c1-15(2)28(16(3)4,17(5)6)27-21-13-23(9)20-12-22(7,8)11-18(20)10-19(14-25)24(21,23)26/h10,15-18,20-21,25-26H,11-14H2,1-9H3/t18-,20+,21+,23-,24+/m1/s1. The molecule has 2 N–H and O–H groups in total. The Morgan fingerprint density at radius 2 is 1.54 bits per heavy atom. The van der Waals surface area contributed by atoms with E-state index in [1.54, 1.807) is 0 Å². The molecule has 2 saturated carbocycles. The summed E-state index contributed by atoms with van der Waals surface area (Å²) in [6, 6.07) is 0. The van der Waals surface area contributed by atoms with Gasteiger partial charge in [0.2, 0.25) is 8.32 Å². The first-order valence-corrected chi connectivity index (χ1v) is 13.6. The molecule has 0 amide bonds. The predicted molar refractivity (Wildman–Crippen MR) is 119 cm³/mol. The second-order valence-corrected chi connectivity index (χ2v) is 17.4. The van der Waals surface area contributed by atoms with Crippen molar-refractivity contribution < 1.29 is 14.6 Å². The minimum absolute atomic E-state index is 0.0603. The number of aliphatic hydroxyl groups is 2. The lowest BCUT2D eigenvalue weighted by Gasteiger charge is -2.67. The van der Waals surface area contributed by atoms with Crippen molar-refractivity contribution in [3.8, 4) is 0 Å². The highest BCUT2D eigenvalue weighted by Crippen LogP contribution is 2.69. The summed E-state index contributed by atoms with van der Waals surface area (Å²) in [7, 11) is -2.09. The van der Waals surface area contributed by atoms with Gasteiger partial charge in [-0.2, -0.15) is 0 Å². The number of hydrogen-bond donors (Lipinski definition) is 2. The molecule has 0 spiro atoms. The van der Waals surface area contributed by atoms with E-state index < -0.39 is 13.9 Å². The zero-order valence-electron chi connectivity index (χ0n) is 19.7. The summed E-state index contributed by atoms with van der Waals surface area (Å²) in [5.41, 5.74) is 1.40. The summed E-state index contributed by atoms with van der Waals surface area (Å²) in [6.07, 6.45) is 5.26. The predicted octanol–water partition coefficient (Wildman–Crippen LogP) is 5.67. The molecule has 0 saturated heterocycles. The van der Waals surface area contributed by atoms with Crippen LogP contribution in [0, 0.1) is 22.7 Å². The number of hydrogen-bond acceptors (Lipinski definition) is 3. The van der Waals surface area contributed by atoms with Crippen LogP contribution in [0.25, 0.3) is 0 Å². The Morgan fingerprint density at radius 1 is 1.00 bits per heavy atom. The van der Waals surface area contributed by atoms with E-state index in [4.69, 9.17) is 4.43 Å². The van der Waals surface area contributed by atoms with Gasteiger partial charge in [-0.3, -0.25) is 0 Å². The molecule has 162 valence electrons. The molecule has 3 rings (SSSR count). The molecule has 3 aliphatic rings. The fraction of sp³-hybridized carbons (Fsp3) is 0.917. The van der Waals surface area contributed by atoms with Crippen LogP contribution in [0.4, 0.5) is 0 Å². The van der Waals surface area contributed by atoms with E-state index in [1.807, 2.05) is 0 Å². The number of aliphatic hydroxyl groups excluding tert-OH is 1. The molecule has 0 radical (unpaired) electrons. The van der Waals surface area contributed by atoms with Gasteiger partial charge in [0.05, 0.1) is 12.7 Å². The minimum Gasteiger partial charge on any atom is -0.410 e. The van der Waals surface area contributed by atoms with Crippen molar-refractivity contribution in [2.75, 3.05) is 6.61 Å². The monoisotopic (exact) mass is 408 g/mol. The van der Waals surface area contributed by atoms with Crippen LogP contribution in [0.1, 0.15) is 81.6 Å². The van der Waals surface area contributed by atoms with E-state index in [-0.39, 0.29) is 18.1 Å². The van der Waals surface area contributed by atoms with E-state index in [0.717, 1.165) is 24.8 Å². The van der Waals surface area contributed by atoms with Crippen LogP contribution in [0.15, 0.2) is 11.6 Å². The topological polar surface area (TPSA) is 49.7 Å². The maximum atomic E-state index is 12.1. The first-order valence-electron chi connectivity index (χ1n) is 11.5. The molecule has 4 heteroatoms. The van der Waals surface area contributed by atoms with Crippen LogP contribution in [-0.2, 0) is 4.43 Å². The third-order valence-electron chi connectivity index (χ3n) is 8.97. The molecule has 0 heterocycles. The van der Waals surface area contributed by atoms with Crippen molar-refractivity contribution in [3.63, 3.8) is 0 Å². The summed E-state index contributed by atoms with van der Waals surface area (Å²) in [5.74, 6) is 0.960.